The standard InChI is InChI=1S/C21H29NO2.ClH/c1-15-13-19(14-16(2)20(15)23)21(24)17(3)22-12-8-7-11-18-9-5-4-6-10-18;/h4-6,9-10,13-14,17,21-24H,7-8,11-12H2,1-3H3;1H. The van der Waals surface area contributed by atoms with E-state index in [1.54, 1.807) is 0 Å². The molecule has 25 heavy (non-hydrogen) atoms. The van der Waals surface area contributed by atoms with E-state index in [0.29, 0.717) is 5.75 Å². The number of halogens is 1. The van der Waals surface area contributed by atoms with Crippen LogP contribution in [0.15, 0.2) is 42.5 Å². The van der Waals surface area contributed by atoms with Gasteiger partial charge in [-0.25, -0.2) is 0 Å². The molecule has 0 amide bonds. The molecule has 2 atom stereocenters. The first-order valence-corrected chi connectivity index (χ1v) is 8.84. The van der Waals surface area contributed by atoms with Crippen molar-refractivity contribution >= 4 is 0 Å². The van der Waals surface area contributed by atoms with Gasteiger partial charge >= 0.3 is 0 Å². The molecular formula is C21H30ClNO2. The number of aromatic hydroxyl groups is 1. The van der Waals surface area contributed by atoms with Gasteiger partial charge in [0.15, 0.2) is 0 Å². The number of rotatable bonds is 8. The summed E-state index contributed by atoms with van der Waals surface area (Å²) in [5.41, 5.74) is 3.91. The van der Waals surface area contributed by atoms with Gasteiger partial charge in [0.25, 0.3) is 0 Å². The van der Waals surface area contributed by atoms with Gasteiger partial charge < -0.3 is 27.9 Å². The highest BCUT2D eigenvalue weighted by Gasteiger charge is 2.20. The first kappa shape index (κ1) is 21.5. The van der Waals surface area contributed by atoms with Crippen LogP contribution in [0, 0.1) is 13.8 Å². The van der Waals surface area contributed by atoms with Crippen molar-refractivity contribution in [2.75, 3.05) is 6.54 Å². The second-order valence-electron chi connectivity index (χ2n) is 6.77. The Labute approximate surface area is 157 Å². The predicted octanol–water partition coefficient (Wildman–Crippen LogP) is 0.0212. The minimum Gasteiger partial charge on any atom is -1.00 e. The second-order valence-corrected chi connectivity index (χ2v) is 6.77. The summed E-state index contributed by atoms with van der Waals surface area (Å²) in [4.78, 5) is 0. The number of aliphatic hydroxyl groups is 1. The Hall–Kier alpha value is -1.55. The molecule has 3 nitrogen and oxygen atoms in total. The summed E-state index contributed by atoms with van der Waals surface area (Å²) < 4.78 is 0. The maximum atomic E-state index is 10.6. The van der Waals surface area contributed by atoms with Gasteiger partial charge in [-0.3, -0.25) is 0 Å². The molecule has 2 unspecified atom stereocenters. The van der Waals surface area contributed by atoms with E-state index in [1.165, 1.54) is 12.0 Å². The van der Waals surface area contributed by atoms with E-state index in [2.05, 4.69) is 36.5 Å². The number of phenols is 1. The molecule has 0 spiro atoms. The van der Waals surface area contributed by atoms with Crippen molar-refractivity contribution in [2.24, 2.45) is 0 Å². The van der Waals surface area contributed by atoms with Gasteiger partial charge in [0.2, 0.25) is 0 Å². The van der Waals surface area contributed by atoms with Crippen LogP contribution in [0.5, 0.6) is 5.75 Å². The Kier molecular flexibility index (Phi) is 8.98. The average molecular weight is 364 g/mol. The third-order valence-corrected chi connectivity index (χ3v) is 4.65. The fourth-order valence-electron chi connectivity index (χ4n) is 3.09. The first-order chi connectivity index (χ1) is 11.5. The van der Waals surface area contributed by atoms with Gasteiger partial charge in [0.05, 0.1) is 6.54 Å². The number of nitrogens with two attached hydrogens (primary N) is 1. The minimum atomic E-state index is -0.517. The molecule has 138 valence electrons. The largest absolute Gasteiger partial charge is 1.00 e. The van der Waals surface area contributed by atoms with Gasteiger partial charge in [-0.15, -0.1) is 0 Å². The van der Waals surface area contributed by atoms with Crippen molar-refractivity contribution in [1.82, 2.24) is 0 Å². The van der Waals surface area contributed by atoms with Crippen molar-refractivity contribution < 1.29 is 27.9 Å². The number of aryl methyl sites for hydroxylation is 3. The summed E-state index contributed by atoms with van der Waals surface area (Å²) in [7, 11) is 0. The van der Waals surface area contributed by atoms with E-state index in [4.69, 9.17) is 0 Å². The average Bonchev–Trinajstić information content (AvgIpc) is 2.59. The summed E-state index contributed by atoms with van der Waals surface area (Å²) in [5, 5.41) is 22.6. The van der Waals surface area contributed by atoms with E-state index >= 15 is 0 Å². The van der Waals surface area contributed by atoms with Gasteiger partial charge in [-0.05, 0) is 74.4 Å². The number of hydrogen-bond acceptors (Lipinski definition) is 2. The Balaban J connectivity index is 0.00000312. The molecule has 0 radical (unpaired) electrons. The topological polar surface area (TPSA) is 57.1 Å². The number of benzene rings is 2. The minimum absolute atomic E-state index is 0. The number of quaternary nitrogens is 1. The van der Waals surface area contributed by atoms with Crippen LogP contribution in [0.4, 0.5) is 0 Å². The normalized spacial score (nSPS) is 13.1. The van der Waals surface area contributed by atoms with Crippen LogP contribution >= 0.6 is 0 Å². The van der Waals surface area contributed by atoms with Gasteiger partial charge in [-0.2, -0.15) is 0 Å². The third kappa shape index (κ3) is 6.35. The maximum Gasteiger partial charge on any atom is 0.130 e. The van der Waals surface area contributed by atoms with Gasteiger partial charge in [-0.1, -0.05) is 30.3 Å². The quantitative estimate of drug-likeness (QED) is 0.579. The van der Waals surface area contributed by atoms with E-state index < -0.39 is 6.10 Å². The maximum absolute atomic E-state index is 10.6. The van der Waals surface area contributed by atoms with Crippen LogP contribution < -0.4 is 17.7 Å². The molecular weight excluding hydrogens is 334 g/mol. The number of unbranched alkanes of at least 4 members (excludes halogenated alkanes) is 1. The van der Waals surface area contributed by atoms with E-state index in [1.807, 2.05) is 32.0 Å². The molecule has 2 aromatic carbocycles. The first-order valence-electron chi connectivity index (χ1n) is 8.84. The lowest BCUT2D eigenvalue weighted by molar-refractivity contribution is -0.694. The Morgan fingerprint density at radius 2 is 1.60 bits per heavy atom. The van der Waals surface area contributed by atoms with Gasteiger partial charge in [0.1, 0.15) is 17.9 Å². The monoisotopic (exact) mass is 363 g/mol. The molecule has 4 heteroatoms. The fraction of sp³-hybridized carbons (Fsp3) is 0.429. The van der Waals surface area contributed by atoms with Crippen LogP contribution in [0.3, 0.4) is 0 Å². The van der Waals surface area contributed by atoms with Crippen LogP contribution in [-0.4, -0.2) is 22.8 Å². The lowest BCUT2D eigenvalue weighted by Gasteiger charge is -2.19. The Morgan fingerprint density at radius 1 is 1.00 bits per heavy atom. The molecule has 0 heterocycles. The van der Waals surface area contributed by atoms with Crippen LogP contribution in [0.1, 0.15) is 48.1 Å². The highest BCUT2D eigenvalue weighted by atomic mass is 35.5. The summed E-state index contributed by atoms with van der Waals surface area (Å²) in [6.07, 6.45) is 2.90. The molecule has 4 N–H and O–H groups in total. The number of phenolic OH excluding ortho intramolecular Hbond substituents is 1. The summed E-state index contributed by atoms with van der Waals surface area (Å²) >= 11 is 0. The van der Waals surface area contributed by atoms with Crippen molar-refractivity contribution in [3.8, 4) is 5.75 Å². The van der Waals surface area contributed by atoms with Crippen molar-refractivity contribution in [3.05, 3.63) is 64.7 Å². The van der Waals surface area contributed by atoms with E-state index in [0.717, 1.165) is 36.1 Å². The summed E-state index contributed by atoms with van der Waals surface area (Å²) in [6.45, 7) is 6.81. The van der Waals surface area contributed by atoms with Crippen molar-refractivity contribution in [3.63, 3.8) is 0 Å². The smallest absolute Gasteiger partial charge is 0.130 e. The third-order valence-electron chi connectivity index (χ3n) is 4.65. The number of aliphatic hydroxyl groups excluding tert-OH is 1. The highest BCUT2D eigenvalue weighted by Crippen LogP contribution is 2.26. The zero-order valence-corrected chi connectivity index (χ0v) is 16.1. The molecule has 0 fully saturated rings. The molecule has 0 aromatic heterocycles. The molecule has 2 rings (SSSR count). The van der Waals surface area contributed by atoms with Crippen LogP contribution in [0.2, 0.25) is 0 Å². The van der Waals surface area contributed by atoms with Crippen LogP contribution in [-0.2, 0) is 6.42 Å². The van der Waals surface area contributed by atoms with Gasteiger partial charge in [0, 0.05) is 0 Å². The van der Waals surface area contributed by atoms with E-state index in [-0.39, 0.29) is 18.4 Å². The molecule has 2 aromatic rings. The molecule has 0 saturated heterocycles. The molecule has 0 aliphatic carbocycles. The lowest BCUT2D eigenvalue weighted by Crippen LogP contribution is -3.00. The lowest BCUT2D eigenvalue weighted by atomic mass is 9.98. The van der Waals surface area contributed by atoms with Crippen molar-refractivity contribution in [2.45, 2.75) is 52.2 Å². The zero-order chi connectivity index (χ0) is 17.5. The Bertz CT molecular complexity index is 623. The van der Waals surface area contributed by atoms with Crippen molar-refractivity contribution in [1.29, 1.82) is 0 Å². The molecule has 0 saturated carbocycles. The molecule has 0 bridgehead atoms. The van der Waals surface area contributed by atoms with E-state index in [9.17, 15) is 10.2 Å². The number of hydrogen-bond donors (Lipinski definition) is 3. The fourth-order valence-corrected chi connectivity index (χ4v) is 3.09. The molecule has 0 aliphatic rings. The molecule has 0 aliphatic heterocycles. The zero-order valence-electron chi connectivity index (χ0n) is 15.4. The Morgan fingerprint density at radius 3 is 2.20 bits per heavy atom. The second kappa shape index (κ2) is 10.4. The SMILES string of the molecule is Cc1cc(C(O)C(C)[NH2+]CCCCc2ccccc2)cc(C)c1O.[Cl-]. The van der Waals surface area contributed by atoms with Crippen LogP contribution in [0.25, 0.3) is 0 Å². The summed E-state index contributed by atoms with van der Waals surface area (Å²) in [5.74, 6) is 0.323. The summed E-state index contributed by atoms with van der Waals surface area (Å²) in [6, 6.07) is 14.4. The predicted molar refractivity (Wildman–Crippen MR) is 98.2 cm³/mol. The highest BCUT2D eigenvalue weighted by molar-refractivity contribution is 5.42.